The van der Waals surface area contributed by atoms with Crippen LogP contribution in [0.4, 0.5) is 0 Å². The van der Waals surface area contributed by atoms with E-state index in [1.807, 2.05) is 43.3 Å². The summed E-state index contributed by atoms with van der Waals surface area (Å²) in [5, 5.41) is 5.16. The van der Waals surface area contributed by atoms with E-state index in [2.05, 4.69) is 5.32 Å². The Kier molecular flexibility index (Phi) is 4.27. The number of hydrogen-bond acceptors (Lipinski definition) is 3. The molecule has 2 heterocycles. The molecule has 5 heteroatoms. The van der Waals surface area contributed by atoms with Crippen molar-refractivity contribution in [2.24, 2.45) is 0 Å². The monoisotopic (exact) mass is 365 g/mol. The van der Waals surface area contributed by atoms with Crippen molar-refractivity contribution in [1.29, 1.82) is 0 Å². The third-order valence-electron chi connectivity index (χ3n) is 4.18. The first-order chi connectivity index (χ1) is 12.6. The summed E-state index contributed by atoms with van der Waals surface area (Å²) < 4.78 is 11.2. The van der Waals surface area contributed by atoms with E-state index in [4.69, 9.17) is 20.4 Å². The van der Waals surface area contributed by atoms with Gasteiger partial charge in [-0.15, -0.1) is 0 Å². The van der Waals surface area contributed by atoms with E-state index in [1.165, 1.54) is 0 Å². The number of carbonyl (C=O) groups is 1. The van der Waals surface area contributed by atoms with E-state index in [0.29, 0.717) is 23.1 Å². The number of benzene rings is 2. The highest BCUT2D eigenvalue weighted by atomic mass is 35.5. The van der Waals surface area contributed by atoms with Gasteiger partial charge in [0.25, 0.3) is 5.91 Å². The highest BCUT2D eigenvalue weighted by Gasteiger charge is 2.20. The van der Waals surface area contributed by atoms with Crippen molar-refractivity contribution in [3.05, 3.63) is 83.0 Å². The molecule has 26 heavy (non-hydrogen) atoms. The molecule has 0 bridgehead atoms. The number of halogens is 1. The molecule has 1 N–H and O–H groups in total. The van der Waals surface area contributed by atoms with Crippen LogP contribution in [0.1, 0.15) is 21.9 Å². The SMILES string of the molecule is Cc1ccc2c(C(=O)NCc3ccco3)oc(-c3ccc(Cl)cc3)c2c1. The van der Waals surface area contributed by atoms with Gasteiger partial charge in [0.1, 0.15) is 11.5 Å². The quantitative estimate of drug-likeness (QED) is 0.513. The Labute approximate surface area is 155 Å². The molecule has 0 spiro atoms. The Balaban J connectivity index is 1.75. The molecule has 2 aromatic heterocycles. The minimum absolute atomic E-state index is 0.282. The molecule has 0 radical (unpaired) electrons. The maximum atomic E-state index is 12.7. The Morgan fingerprint density at radius 1 is 1.08 bits per heavy atom. The van der Waals surface area contributed by atoms with Crippen molar-refractivity contribution >= 4 is 28.3 Å². The summed E-state index contributed by atoms with van der Waals surface area (Å²) in [4.78, 5) is 12.7. The number of hydrogen-bond donors (Lipinski definition) is 1. The van der Waals surface area contributed by atoms with Crippen molar-refractivity contribution in [1.82, 2.24) is 5.32 Å². The molecule has 4 nitrogen and oxygen atoms in total. The van der Waals surface area contributed by atoms with Gasteiger partial charge in [0.05, 0.1) is 12.8 Å². The zero-order chi connectivity index (χ0) is 18.1. The van der Waals surface area contributed by atoms with Crippen LogP contribution in [0.25, 0.3) is 22.1 Å². The molecule has 0 saturated heterocycles. The fourth-order valence-electron chi connectivity index (χ4n) is 2.90. The minimum Gasteiger partial charge on any atom is -0.467 e. The molecule has 0 atom stereocenters. The molecule has 0 aliphatic heterocycles. The Morgan fingerprint density at radius 2 is 1.88 bits per heavy atom. The normalized spacial score (nSPS) is 11.0. The number of carbonyl (C=O) groups excluding carboxylic acids is 1. The van der Waals surface area contributed by atoms with Crippen LogP contribution in [-0.2, 0) is 6.54 Å². The molecule has 1 amide bonds. The third-order valence-corrected chi connectivity index (χ3v) is 4.44. The molecule has 0 saturated carbocycles. The van der Waals surface area contributed by atoms with E-state index in [9.17, 15) is 4.79 Å². The fourth-order valence-corrected chi connectivity index (χ4v) is 3.03. The lowest BCUT2D eigenvalue weighted by atomic mass is 10.0. The van der Waals surface area contributed by atoms with E-state index in [0.717, 1.165) is 21.9 Å². The molecule has 0 fully saturated rings. The summed E-state index contributed by atoms with van der Waals surface area (Å²) >= 11 is 5.98. The zero-order valence-electron chi connectivity index (χ0n) is 14.1. The van der Waals surface area contributed by atoms with Gasteiger partial charge >= 0.3 is 0 Å². The maximum Gasteiger partial charge on any atom is 0.288 e. The molecule has 0 aliphatic carbocycles. The number of rotatable bonds is 4. The predicted molar refractivity (Wildman–Crippen MR) is 101 cm³/mol. The molecule has 4 rings (SSSR count). The largest absolute Gasteiger partial charge is 0.467 e. The standard InChI is InChI=1S/C21H16ClNO3/c1-13-4-9-17-18(11-13)19(14-5-7-15(22)8-6-14)26-20(17)21(24)23-12-16-3-2-10-25-16/h2-11H,12H2,1H3,(H,23,24). The van der Waals surface area contributed by atoms with Gasteiger partial charge in [0, 0.05) is 21.4 Å². The number of amides is 1. The van der Waals surface area contributed by atoms with Gasteiger partial charge in [0.15, 0.2) is 5.76 Å². The third kappa shape index (κ3) is 3.11. The first-order valence-electron chi connectivity index (χ1n) is 8.21. The smallest absolute Gasteiger partial charge is 0.288 e. The Bertz CT molecular complexity index is 1060. The summed E-state index contributed by atoms with van der Waals surface area (Å²) in [5.41, 5.74) is 1.96. The van der Waals surface area contributed by atoms with Gasteiger partial charge < -0.3 is 14.2 Å². The van der Waals surface area contributed by atoms with Gasteiger partial charge in [-0.2, -0.15) is 0 Å². The van der Waals surface area contributed by atoms with Crippen molar-refractivity contribution < 1.29 is 13.6 Å². The molecule has 4 aromatic rings. The second-order valence-corrected chi connectivity index (χ2v) is 6.51. The van der Waals surface area contributed by atoms with E-state index in [1.54, 1.807) is 24.5 Å². The number of fused-ring (bicyclic) bond motifs is 1. The van der Waals surface area contributed by atoms with Crippen molar-refractivity contribution in [3.63, 3.8) is 0 Å². The van der Waals surface area contributed by atoms with Gasteiger partial charge in [0.2, 0.25) is 0 Å². The minimum atomic E-state index is -0.282. The number of furan rings is 2. The van der Waals surface area contributed by atoms with Gasteiger partial charge in [-0.25, -0.2) is 0 Å². The molecule has 0 aliphatic rings. The second kappa shape index (κ2) is 6.73. The van der Waals surface area contributed by atoms with E-state index in [-0.39, 0.29) is 11.7 Å². The van der Waals surface area contributed by atoms with Crippen LogP contribution in [0.2, 0.25) is 5.02 Å². The van der Waals surface area contributed by atoms with Crippen LogP contribution in [0.3, 0.4) is 0 Å². The lowest BCUT2D eigenvalue weighted by Crippen LogP contribution is -2.22. The van der Waals surface area contributed by atoms with Crippen LogP contribution in [0.15, 0.2) is 69.7 Å². The topological polar surface area (TPSA) is 55.4 Å². The fraction of sp³-hybridized carbons (Fsp3) is 0.0952. The number of nitrogens with one attached hydrogen (secondary N) is 1. The summed E-state index contributed by atoms with van der Waals surface area (Å²) in [6.45, 7) is 2.31. The average molecular weight is 366 g/mol. The van der Waals surface area contributed by atoms with Gasteiger partial charge in [-0.05, 0) is 49.4 Å². The predicted octanol–water partition coefficient (Wildman–Crippen LogP) is 5.58. The highest BCUT2D eigenvalue weighted by Crippen LogP contribution is 2.35. The Hall–Kier alpha value is -2.98. The molecule has 2 aromatic carbocycles. The zero-order valence-corrected chi connectivity index (χ0v) is 14.8. The van der Waals surface area contributed by atoms with Crippen LogP contribution in [-0.4, -0.2) is 5.91 Å². The molecule has 0 unspecified atom stereocenters. The average Bonchev–Trinajstić information content (AvgIpc) is 3.28. The van der Waals surface area contributed by atoms with Gasteiger partial charge in [-0.1, -0.05) is 29.3 Å². The summed E-state index contributed by atoms with van der Waals surface area (Å²) in [5.74, 6) is 1.35. The van der Waals surface area contributed by atoms with Crippen LogP contribution < -0.4 is 5.32 Å². The maximum absolute atomic E-state index is 12.7. The van der Waals surface area contributed by atoms with Crippen molar-refractivity contribution in [2.75, 3.05) is 0 Å². The lowest BCUT2D eigenvalue weighted by Gasteiger charge is -2.01. The first-order valence-corrected chi connectivity index (χ1v) is 8.59. The highest BCUT2D eigenvalue weighted by molar-refractivity contribution is 6.30. The van der Waals surface area contributed by atoms with E-state index < -0.39 is 0 Å². The summed E-state index contributed by atoms with van der Waals surface area (Å²) in [6, 6.07) is 16.9. The molecular formula is C21H16ClNO3. The summed E-state index contributed by atoms with van der Waals surface area (Å²) in [6.07, 6.45) is 1.57. The molecular weight excluding hydrogens is 350 g/mol. The lowest BCUT2D eigenvalue weighted by molar-refractivity contribution is 0.0923. The van der Waals surface area contributed by atoms with Crippen molar-refractivity contribution in [3.8, 4) is 11.3 Å². The van der Waals surface area contributed by atoms with Crippen LogP contribution >= 0.6 is 11.6 Å². The van der Waals surface area contributed by atoms with Crippen molar-refractivity contribution in [2.45, 2.75) is 13.5 Å². The second-order valence-electron chi connectivity index (χ2n) is 6.08. The van der Waals surface area contributed by atoms with Crippen LogP contribution in [0.5, 0.6) is 0 Å². The van der Waals surface area contributed by atoms with Crippen LogP contribution in [0, 0.1) is 6.92 Å². The Morgan fingerprint density at radius 3 is 2.62 bits per heavy atom. The molecule has 130 valence electrons. The summed E-state index contributed by atoms with van der Waals surface area (Å²) in [7, 11) is 0. The van der Waals surface area contributed by atoms with E-state index >= 15 is 0 Å². The van der Waals surface area contributed by atoms with Gasteiger partial charge in [-0.3, -0.25) is 4.79 Å². The number of aryl methyl sites for hydroxylation is 1. The first kappa shape index (κ1) is 16.5.